The predicted octanol–water partition coefficient (Wildman–Crippen LogP) is 4.20. The van der Waals surface area contributed by atoms with Crippen LogP contribution >= 0.6 is 11.8 Å². The molecule has 1 saturated carbocycles. The van der Waals surface area contributed by atoms with Gasteiger partial charge in [-0.1, -0.05) is 0 Å². The molecule has 36 heavy (non-hydrogen) atoms. The van der Waals surface area contributed by atoms with Crippen LogP contribution in [-0.2, 0) is 9.59 Å². The zero-order valence-corrected chi connectivity index (χ0v) is 20.7. The van der Waals surface area contributed by atoms with E-state index in [-0.39, 0.29) is 18.2 Å². The van der Waals surface area contributed by atoms with Crippen molar-refractivity contribution in [2.24, 2.45) is 5.92 Å². The SMILES string of the molecule is Cc1cc(Nc2cc(OCCCCCC(=O)NO)nc(Sc3ccc(NC(=O)C4CC4)cc3)n2)n[nH]1. The van der Waals surface area contributed by atoms with Crippen LogP contribution in [0.5, 0.6) is 5.88 Å². The molecule has 5 N–H and O–H groups in total. The molecule has 0 radical (unpaired) electrons. The number of aromatic amines is 1. The quantitative estimate of drug-likeness (QED) is 0.0983. The van der Waals surface area contributed by atoms with Crippen molar-refractivity contribution in [3.63, 3.8) is 0 Å². The normalized spacial score (nSPS) is 12.7. The lowest BCUT2D eigenvalue weighted by atomic mass is 10.2. The van der Waals surface area contributed by atoms with Gasteiger partial charge in [0.25, 0.3) is 0 Å². The molecule has 0 bridgehead atoms. The number of aryl methyl sites for hydroxylation is 1. The summed E-state index contributed by atoms with van der Waals surface area (Å²) in [4.78, 5) is 33.1. The summed E-state index contributed by atoms with van der Waals surface area (Å²) in [7, 11) is 0. The second kappa shape index (κ2) is 12.4. The Morgan fingerprint density at radius 1 is 1.11 bits per heavy atom. The highest BCUT2D eigenvalue weighted by molar-refractivity contribution is 7.99. The number of H-pyrrole nitrogens is 1. The smallest absolute Gasteiger partial charge is 0.243 e. The minimum absolute atomic E-state index is 0.0737. The van der Waals surface area contributed by atoms with Gasteiger partial charge in [0.05, 0.1) is 6.61 Å². The number of carbonyl (C=O) groups excluding carboxylic acids is 2. The first-order valence-corrected chi connectivity index (χ1v) is 12.6. The van der Waals surface area contributed by atoms with E-state index in [2.05, 4.69) is 30.8 Å². The Balaban J connectivity index is 1.39. The lowest BCUT2D eigenvalue weighted by molar-refractivity contribution is -0.129. The van der Waals surface area contributed by atoms with Crippen molar-refractivity contribution in [3.05, 3.63) is 42.1 Å². The Morgan fingerprint density at radius 2 is 1.92 bits per heavy atom. The van der Waals surface area contributed by atoms with Gasteiger partial charge in [-0.3, -0.25) is 19.9 Å². The van der Waals surface area contributed by atoms with E-state index in [0.717, 1.165) is 42.0 Å². The number of anilines is 3. The maximum atomic E-state index is 12.0. The number of rotatable bonds is 13. The highest BCUT2D eigenvalue weighted by Gasteiger charge is 2.29. The third-order valence-electron chi connectivity index (χ3n) is 5.35. The zero-order chi connectivity index (χ0) is 25.3. The number of amides is 2. The second-order valence-corrected chi connectivity index (χ2v) is 9.56. The van der Waals surface area contributed by atoms with Crippen molar-refractivity contribution in [1.29, 1.82) is 0 Å². The van der Waals surface area contributed by atoms with Crippen LogP contribution in [0.1, 0.15) is 44.2 Å². The van der Waals surface area contributed by atoms with Crippen molar-refractivity contribution in [2.45, 2.75) is 55.5 Å². The Morgan fingerprint density at radius 3 is 2.61 bits per heavy atom. The number of hydrogen-bond donors (Lipinski definition) is 5. The second-order valence-electron chi connectivity index (χ2n) is 8.52. The van der Waals surface area contributed by atoms with Crippen molar-refractivity contribution < 1.29 is 19.5 Å². The number of hydrogen-bond acceptors (Lipinski definition) is 9. The lowest BCUT2D eigenvalue weighted by Gasteiger charge is -2.10. The molecule has 2 aromatic heterocycles. The van der Waals surface area contributed by atoms with E-state index in [9.17, 15) is 9.59 Å². The van der Waals surface area contributed by atoms with E-state index in [1.165, 1.54) is 11.8 Å². The van der Waals surface area contributed by atoms with E-state index >= 15 is 0 Å². The summed E-state index contributed by atoms with van der Waals surface area (Å²) in [6.07, 6.45) is 4.37. The maximum Gasteiger partial charge on any atom is 0.243 e. The van der Waals surface area contributed by atoms with Gasteiger partial charge in [0.15, 0.2) is 11.0 Å². The van der Waals surface area contributed by atoms with Crippen LogP contribution in [0.3, 0.4) is 0 Å². The van der Waals surface area contributed by atoms with Gasteiger partial charge in [-0.15, -0.1) is 0 Å². The van der Waals surface area contributed by atoms with E-state index in [0.29, 0.717) is 35.7 Å². The van der Waals surface area contributed by atoms with E-state index in [4.69, 9.17) is 9.94 Å². The summed E-state index contributed by atoms with van der Waals surface area (Å²) >= 11 is 1.38. The zero-order valence-electron chi connectivity index (χ0n) is 19.9. The Hall–Kier alpha value is -3.64. The molecule has 0 spiro atoms. The summed E-state index contributed by atoms with van der Waals surface area (Å²) in [5, 5.41) is 22.2. The summed E-state index contributed by atoms with van der Waals surface area (Å²) in [5.74, 6) is 1.43. The largest absolute Gasteiger partial charge is 0.478 e. The molecular weight excluding hydrogens is 482 g/mol. The molecule has 1 fully saturated rings. The third-order valence-corrected chi connectivity index (χ3v) is 6.22. The molecule has 1 aliphatic carbocycles. The van der Waals surface area contributed by atoms with Crippen LogP contribution in [0.15, 0.2) is 46.5 Å². The maximum absolute atomic E-state index is 12.0. The van der Waals surface area contributed by atoms with Crippen LogP contribution in [-0.4, -0.2) is 43.8 Å². The first kappa shape index (κ1) is 25.5. The first-order chi connectivity index (χ1) is 17.5. The molecule has 0 atom stereocenters. The van der Waals surface area contributed by atoms with Gasteiger partial charge in [-0.25, -0.2) is 10.5 Å². The molecule has 190 valence electrons. The van der Waals surface area contributed by atoms with Gasteiger partial charge in [0, 0.05) is 40.7 Å². The Kier molecular flexibility index (Phi) is 8.74. The lowest BCUT2D eigenvalue weighted by Crippen LogP contribution is -2.17. The van der Waals surface area contributed by atoms with Gasteiger partial charge in [-0.2, -0.15) is 10.1 Å². The van der Waals surface area contributed by atoms with Gasteiger partial charge in [-0.05, 0) is 75.1 Å². The number of nitrogens with one attached hydrogen (secondary N) is 4. The van der Waals surface area contributed by atoms with Crippen LogP contribution in [0.25, 0.3) is 0 Å². The van der Waals surface area contributed by atoms with Crippen LogP contribution in [0.2, 0.25) is 0 Å². The van der Waals surface area contributed by atoms with Crippen LogP contribution in [0, 0.1) is 12.8 Å². The van der Waals surface area contributed by atoms with Crippen LogP contribution in [0.4, 0.5) is 17.3 Å². The highest BCUT2D eigenvalue weighted by Crippen LogP contribution is 2.32. The number of carbonyl (C=O) groups is 2. The molecule has 2 amide bonds. The third kappa shape index (κ3) is 7.95. The molecule has 2 heterocycles. The summed E-state index contributed by atoms with van der Waals surface area (Å²) in [6, 6.07) is 11.1. The molecule has 11 nitrogen and oxygen atoms in total. The van der Waals surface area contributed by atoms with Gasteiger partial charge in [0.2, 0.25) is 17.7 Å². The molecule has 1 aliphatic rings. The summed E-state index contributed by atoms with van der Waals surface area (Å²) < 4.78 is 5.86. The van der Waals surface area contributed by atoms with Crippen molar-refractivity contribution >= 4 is 40.9 Å². The van der Waals surface area contributed by atoms with Crippen LogP contribution < -0.4 is 20.9 Å². The first-order valence-electron chi connectivity index (χ1n) is 11.8. The monoisotopic (exact) mass is 511 g/mol. The van der Waals surface area contributed by atoms with Crippen molar-refractivity contribution in [3.8, 4) is 5.88 Å². The number of unbranched alkanes of at least 4 members (excludes halogenated alkanes) is 2. The minimum atomic E-state index is -0.393. The fraction of sp³-hybridized carbons (Fsp3) is 0.375. The summed E-state index contributed by atoms with van der Waals surface area (Å²) in [5.41, 5.74) is 3.32. The van der Waals surface area contributed by atoms with Gasteiger partial charge >= 0.3 is 0 Å². The van der Waals surface area contributed by atoms with Gasteiger partial charge < -0.3 is 15.4 Å². The summed E-state index contributed by atoms with van der Waals surface area (Å²) in [6.45, 7) is 2.34. The minimum Gasteiger partial charge on any atom is -0.478 e. The van der Waals surface area contributed by atoms with E-state index in [1.807, 2.05) is 37.3 Å². The molecule has 0 unspecified atom stereocenters. The highest BCUT2D eigenvalue weighted by atomic mass is 32.2. The molecule has 4 rings (SSSR count). The van der Waals surface area contributed by atoms with Gasteiger partial charge in [0.1, 0.15) is 5.82 Å². The molecule has 3 aromatic rings. The Bertz CT molecular complexity index is 1180. The van der Waals surface area contributed by atoms with E-state index < -0.39 is 5.91 Å². The predicted molar refractivity (Wildman–Crippen MR) is 134 cm³/mol. The number of ether oxygens (including phenoxy) is 1. The Labute approximate surface area is 212 Å². The average Bonchev–Trinajstić information content (AvgIpc) is 3.64. The fourth-order valence-electron chi connectivity index (χ4n) is 3.30. The molecule has 1 aromatic carbocycles. The topological polar surface area (TPSA) is 154 Å². The molecule has 12 heteroatoms. The number of nitrogens with zero attached hydrogens (tertiary/aromatic N) is 3. The van der Waals surface area contributed by atoms with E-state index in [1.54, 1.807) is 11.5 Å². The number of aromatic nitrogens is 4. The molecular formula is C24H29N7O4S. The molecule has 0 aliphatic heterocycles. The fourth-order valence-corrected chi connectivity index (χ4v) is 4.06. The standard InChI is InChI=1S/C24H29N7O4S/c1-15-13-20(30-29-15)26-19-14-22(35-12-4-2-3-5-21(32)31-34)28-24(27-19)36-18-10-8-17(9-11-18)25-23(33)16-6-7-16/h8-11,13-14,16,34H,2-7,12H2,1H3,(H,25,33)(H,31,32)(H2,26,27,28,29,30). The number of benzene rings is 1. The average molecular weight is 512 g/mol. The van der Waals surface area contributed by atoms with Crippen molar-refractivity contribution in [2.75, 3.05) is 17.2 Å². The number of hydroxylamine groups is 1. The van der Waals surface area contributed by atoms with Crippen molar-refractivity contribution in [1.82, 2.24) is 25.6 Å². The molecule has 0 saturated heterocycles.